The second-order valence-corrected chi connectivity index (χ2v) is 7.75. The van der Waals surface area contributed by atoms with Crippen molar-refractivity contribution in [2.24, 2.45) is 9.98 Å². The highest BCUT2D eigenvalue weighted by molar-refractivity contribution is 7.92. The lowest BCUT2D eigenvalue weighted by Crippen LogP contribution is -2.32. The molecule has 0 saturated heterocycles. The molecular weight excluding hydrogens is 385 g/mol. The van der Waals surface area contributed by atoms with Gasteiger partial charge in [-0.05, 0) is 6.42 Å². The number of anilines is 1. The Morgan fingerprint density at radius 1 is 1.22 bits per heavy atom. The highest BCUT2D eigenvalue weighted by Crippen LogP contribution is 2.30. The maximum absolute atomic E-state index is 14.7. The maximum Gasteiger partial charge on any atom is 0.232 e. The van der Waals surface area contributed by atoms with Gasteiger partial charge in [0.15, 0.2) is 23.2 Å². The number of hydrogen-bond acceptors (Lipinski definition) is 6. The zero-order valence-corrected chi connectivity index (χ0v) is 14.9. The van der Waals surface area contributed by atoms with Gasteiger partial charge in [0.25, 0.3) is 0 Å². The van der Waals surface area contributed by atoms with Gasteiger partial charge in [0.2, 0.25) is 10.0 Å². The van der Waals surface area contributed by atoms with Crippen LogP contribution in [0, 0.1) is 17.5 Å². The van der Waals surface area contributed by atoms with Crippen LogP contribution in [0.3, 0.4) is 0 Å². The van der Waals surface area contributed by atoms with Gasteiger partial charge in [-0.1, -0.05) is 6.92 Å². The van der Waals surface area contributed by atoms with Crippen molar-refractivity contribution in [2.75, 3.05) is 10.5 Å². The van der Waals surface area contributed by atoms with Crippen LogP contribution in [-0.4, -0.2) is 44.6 Å². The van der Waals surface area contributed by atoms with Gasteiger partial charge < -0.3 is 5.32 Å². The number of carbonyl (C=O) groups is 1. The number of nitrogens with one attached hydrogen (secondary N) is 2. The van der Waals surface area contributed by atoms with E-state index in [2.05, 4.69) is 15.3 Å². The molecule has 2 aliphatic rings. The van der Waals surface area contributed by atoms with Crippen LogP contribution in [0.2, 0.25) is 0 Å². The number of rotatable bonds is 6. The molecule has 2 atom stereocenters. The van der Waals surface area contributed by atoms with Gasteiger partial charge >= 0.3 is 0 Å². The first-order valence-corrected chi connectivity index (χ1v) is 9.64. The van der Waals surface area contributed by atoms with Crippen molar-refractivity contribution in [1.82, 2.24) is 5.32 Å². The van der Waals surface area contributed by atoms with E-state index in [1.807, 2.05) is 4.72 Å². The highest BCUT2D eigenvalue weighted by Gasteiger charge is 2.37. The number of ketones is 1. The van der Waals surface area contributed by atoms with Crippen LogP contribution in [0.15, 0.2) is 27.8 Å². The van der Waals surface area contributed by atoms with Crippen LogP contribution in [0.4, 0.5) is 18.9 Å². The summed E-state index contributed by atoms with van der Waals surface area (Å²) in [7, 11) is -3.98. The van der Waals surface area contributed by atoms with E-state index in [0.29, 0.717) is 6.07 Å². The molecule has 3 rings (SSSR count). The molecule has 0 aliphatic carbocycles. The van der Waals surface area contributed by atoms with E-state index >= 15 is 0 Å². The van der Waals surface area contributed by atoms with Gasteiger partial charge in [0, 0.05) is 30.3 Å². The van der Waals surface area contributed by atoms with Crippen molar-refractivity contribution in [2.45, 2.75) is 25.6 Å². The zero-order chi connectivity index (χ0) is 19.8. The van der Waals surface area contributed by atoms with Crippen molar-refractivity contribution in [1.29, 1.82) is 0 Å². The molecule has 2 aliphatic heterocycles. The average molecular weight is 400 g/mol. The van der Waals surface area contributed by atoms with Gasteiger partial charge in [-0.2, -0.15) is 0 Å². The van der Waals surface area contributed by atoms with E-state index in [9.17, 15) is 26.4 Å². The molecule has 2 unspecified atom stereocenters. The summed E-state index contributed by atoms with van der Waals surface area (Å²) < 4.78 is 68.4. The average Bonchev–Trinajstić information content (AvgIpc) is 3.03. The molecular formula is C16H15F3N4O3S. The standard InChI is InChI=1S/C16H15F3N4O3S/c1-2-5-27(25,26)23-10-6-9(17)12(18)11(13(10)19)15(24)8-7-22-16-14(8)20-3-4-21-16/h3-4,6-7,14,16,22-23H,2,5H2,1H3. The Labute approximate surface area is 153 Å². The van der Waals surface area contributed by atoms with Crippen LogP contribution in [0.5, 0.6) is 0 Å². The van der Waals surface area contributed by atoms with Crippen molar-refractivity contribution in [3.8, 4) is 0 Å². The van der Waals surface area contributed by atoms with E-state index in [-0.39, 0.29) is 17.7 Å². The SMILES string of the molecule is CCCS(=O)(=O)Nc1cc(F)c(F)c(C(=O)C2=CNC3N=CC=NC23)c1F. The predicted molar refractivity (Wildman–Crippen MR) is 94.1 cm³/mol. The summed E-state index contributed by atoms with van der Waals surface area (Å²) in [5.41, 5.74) is -2.14. The summed E-state index contributed by atoms with van der Waals surface area (Å²) in [6.07, 6.45) is 3.57. The molecule has 0 aromatic heterocycles. The summed E-state index contributed by atoms with van der Waals surface area (Å²) >= 11 is 0. The van der Waals surface area contributed by atoms with Crippen molar-refractivity contribution in [3.05, 3.63) is 40.9 Å². The Kier molecular flexibility index (Phi) is 5.05. The molecule has 1 aromatic carbocycles. The van der Waals surface area contributed by atoms with E-state index < -0.39 is 56.7 Å². The quantitative estimate of drug-likeness (QED) is 0.562. The minimum absolute atomic E-state index is 0.112. The van der Waals surface area contributed by atoms with Crippen LogP contribution in [-0.2, 0) is 10.0 Å². The van der Waals surface area contributed by atoms with Crippen LogP contribution < -0.4 is 10.0 Å². The van der Waals surface area contributed by atoms with Gasteiger partial charge in [0.1, 0.15) is 12.2 Å². The molecule has 0 spiro atoms. The third-order valence-corrected chi connectivity index (χ3v) is 5.45. The molecule has 2 heterocycles. The summed E-state index contributed by atoms with van der Waals surface area (Å²) in [4.78, 5) is 20.7. The normalized spacial score (nSPS) is 20.8. The summed E-state index contributed by atoms with van der Waals surface area (Å²) in [5.74, 6) is -6.24. The molecule has 144 valence electrons. The fourth-order valence-corrected chi connectivity index (χ4v) is 3.90. The smallest absolute Gasteiger partial charge is 0.232 e. The van der Waals surface area contributed by atoms with Crippen LogP contribution in [0.25, 0.3) is 0 Å². The number of aliphatic imine (C=N–C) groups is 2. The van der Waals surface area contributed by atoms with E-state index in [1.54, 1.807) is 6.92 Å². The molecule has 2 N–H and O–H groups in total. The van der Waals surface area contributed by atoms with Crippen LogP contribution >= 0.6 is 0 Å². The Morgan fingerprint density at radius 2 is 1.93 bits per heavy atom. The van der Waals surface area contributed by atoms with Crippen LogP contribution in [0.1, 0.15) is 23.7 Å². The molecule has 0 bridgehead atoms. The monoisotopic (exact) mass is 400 g/mol. The number of hydrogen-bond donors (Lipinski definition) is 2. The Bertz CT molecular complexity index is 989. The number of nitrogens with zero attached hydrogens (tertiary/aromatic N) is 2. The van der Waals surface area contributed by atoms with Crippen molar-refractivity contribution < 1.29 is 26.4 Å². The lowest BCUT2D eigenvalue weighted by Gasteiger charge is -2.18. The number of Topliss-reactive ketones (excluding diaryl/α,β-unsaturated/α-hetero) is 1. The first-order chi connectivity index (χ1) is 12.7. The molecule has 0 radical (unpaired) electrons. The lowest BCUT2D eigenvalue weighted by atomic mass is 9.97. The fraction of sp³-hybridized carbons (Fsp3) is 0.312. The minimum Gasteiger partial charge on any atom is -0.367 e. The summed E-state index contributed by atoms with van der Waals surface area (Å²) in [6, 6.07) is -0.452. The first kappa shape index (κ1) is 19.1. The molecule has 1 aromatic rings. The molecule has 7 nitrogen and oxygen atoms in total. The molecule has 27 heavy (non-hydrogen) atoms. The number of sulfonamides is 1. The van der Waals surface area contributed by atoms with Crippen molar-refractivity contribution >= 4 is 33.9 Å². The number of fused-ring (bicyclic) bond motifs is 1. The van der Waals surface area contributed by atoms with Gasteiger partial charge in [-0.25, -0.2) is 21.6 Å². The minimum atomic E-state index is -3.98. The molecule has 0 fully saturated rings. The summed E-state index contributed by atoms with van der Waals surface area (Å²) in [6.45, 7) is 1.58. The molecule has 11 heteroatoms. The lowest BCUT2D eigenvalue weighted by molar-refractivity contribution is 0.102. The maximum atomic E-state index is 14.7. The second kappa shape index (κ2) is 7.14. The zero-order valence-electron chi connectivity index (χ0n) is 14.0. The van der Waals surface area contributed by atoms with E-state index in [4.69, 9.17) is 0 Å². The highest BCUT2D eigenvalue weighted by atomic mass is 32.2. The van der Waals surface area contributed by atoms with E-state index in [1.165, 1.54) is 18.6 Å². The first-order valence-electron chi connectivity index (χ1n) is 7.99. The van der Waals surface area contributed by atoms with Gasteiger partial charge in [-0.3, -0.25) is 19.5 Å². The molecule has 0 saturated carbocycles. The third-order valence-electron chi connectivity index (χ3n) is 3.97. The Balaban J connectivity index is 2.01. The Morgan fingerprint density at radius 3 is 2.63 bits per heavy atom. The molecule has 0 amide bonds. The summed E-state index contributed by atoms with van der Waals surface area (Å²) in [5, 5.41) is 2.74. The predicted octanol–water partition coefficient (Wildman–Crippen LogP) is 1.78. The Hall–Kier alpha value is -2.69. The largest absolute Gasteiger partial charge is 0.367 e. The second-order valence-electron chi connectivity index (χ2n) is 5.91. The van der Waals surface area contributed by atoms with E-state index in [0.717, 1.165) is 0 Å². The number of carbonyl (C=O) groups excluding carboxylic acids is 1. The van der Waals surface area contributed by atoms with Gasteiger partial charge in [0.05, 0.1) is 17.0 Å². The third kappa shape index (κ3) is 3.59. The topological polar surface area (TPSA) is 100.0 Å². The number of halogens is 3. The van der Waals surface area contributed by atoms with Gasteiger partial charge in [-0.15, -0.1) is 0 Å². The van der Waals surface area contributed by atoms with Crippen molar-refractivity contribution in [3.63, 3.8) is 0 Å². The fourth-order valence-electron chi connectivity index (χ4n) is 2.78. The number of benzene rings is 1.